The number of aromatic nitrogens is 3. The minimum atomic E-state index is 0.441. The number of fused-ring (bicyclic) bond motifs is 3. The van der Waals surface area contributed by atoms with Crippen molar-refractivity contribution in [3.8, 4) is 11.4 Å². The summed E-state index contributed by atoms with van der Waals surface area (Å²) in [5.74, 6) is 1.56. The fraction of sp³-hybridized carbons (Fsp3) is 0.483. The average Bonchev–Trinajstić information content (AvgIpc) is 3.28. The lowest BCUT2D eigenvalue weighted by Gasteiger charge is -2.47. The molecule has 4 aromatic rings. The maximum absolute atomic E-state index is 6.33. The highest BCUT2D eigenvalue weighted by molar-refractivity contribution is 6.05. The number of likely N-dealkylation sites (tertiary alicyclic amines) is 1. The van der Waals surface area contributed by atoms with Gasteiger partial charge in [0, 0.05) is 36.8 Å². The highest BCUT2D eigenvalue weighted by atomic mass is 16.5. The van der Waals surface area contributed by atoms with Crippen molar-refractivity contribution in [2.45, 2.75) is 33.2 Å². The lowest BCUT2D eigenvalue weighted by atomic mass is 9.77. The van der Waals surface area contributed by atoms with Crippen LogP contribution in [0.4, 0.5) is 5.82 Å². The summed E-state index contributed by atoms with van der Waals surface area (Å²) in [7, 11) is 0. The Balaban J connectivity index is 1.30. The van der Waals surface area contributed by atoms with Crippen LogP contribution >= 0.6 is 0 Å². The number of benzene rings is 1. The smallest absolute Gasteiger partial charge is 0.229 e. The molecule has 1 aromatic carbocycles. The standard InChI is InChI=1S/C29H33N5O3/c1-19-4-3-5-22(20(19)2)26-31-24-23-14-21(16-33-8-6-29(7-9-33)17-36-18-29)15-30-28(23)37-25(24)27(32-26)34-10-12-35-13-11-34/h3-5,14-15H,6-13,16-18H2,1-2H3. The van der Waals surface area contributed by atoms with Crippen molar-refractivity contribution >= 4 is 28.0 Å². The van der Waals surface area contributed by atoms with E-state index in [1.54, 1.807) is 0 Å². The molecular weight excluding hydrogens is 466 g/mol. The zero-order chi connectivity index (χ0) is 25.0. The van der Waals surface area contributed by atoms with Gasteiger partial charge in [-0.2, -0.15) is 0 Å². The van der Waals surface area contributed by atoms with Gasteiger partial charge in [0.15, 0.2) is 17.2 Å². The van der Waals surface area contributed by atoms with Crippen molar-refractivity contribution in [1.29, 1.82) is 0 Å². The van der Waals surface area contributed by atoms with Gasteiger partial charge in [0.2, 0.25) is 5.71 Å². The van der Waals surface area contributed by atoms with E-state index in [0.29, 0.717) is 29.9 Å². The molecule has 0 N–H and O–H groups in total. The molecule has 0 atom stereocenters. The molecular formula is C29H33N5O3. The van der Waals surface area contributed by atoms with Crippen LogP contribution in [0.15, 0.2) is 34.9 Å². The zero-order valence-electron chi connectivity index (χ0n) is 21.6. The molecule has 37 heavy (non-hydrogen) atoms. The molecule has 0 aliphatic carbocycles. The molecule has 1 spiro atoms. The second kappa shape index (κ2) is 9.04. The van der Waals surface area contributed by atoms with Crippen LogP contribution in [0.1, 0.15) is 29.5 Å². The van der Waals surface area contributed by atoms with Gasteiger partial charge in [-0.1, -0.05) is 18.2 Å². The number of hydrogen-bond acceptors (Lipinski definition) is 8. The monoisotopic (exact) mass is 499 g/mol. The predicted molar refractivity (Wildman–Crippen MR) is 143 cm³/mol. The van der Waals surface area contributed by atoms with E-state index >= 15 is 0 Å². The van der Waals surface area contributed by atoms with Crippen LogP contribution < -0.4 is 4.90 Å². The van der Waals surface area contributed by atoms with E-state index in [1.807, 2.05) is 6.20 Å². The van der Waals surface area contributed by atoms with Crippen LogP contribution in [0.3, 0.4) is 0 Å². The first-order valence-corrected chi connectivity index (χ1v) is 13.4. The molecule has 3 saturated heterocycles. The van der Waals surface area contributed by atoms with Crippen LogP contribution in [-0.4, -0.2) is 72.5 Å². The maximum atomic E-state index is 6.33. The summed E-state index contributed by atoms with van der Waals surface area (Å²) in [6.45, 7) is 12.1. The van der Waals surface area contributed by atoms with Crippen molar-refractivity contribution in [3.63, 3.8) is 0 Å². The molecule has 0 saturated carbocycles. The number of pyridine rings is 1. The van der Waals surface area contributed by atoms with E-state index in [4.69, 9.17) is 28.8 Å². The highest BCUT2D eigenvalue weighted by Crippen LogP contribution is 2.39. The average molecular weight is 500 g/mol. The Morgan fingerprint density at radius 1 is 0.973 bits per heavy atom. The lowest BCUT2D eigenvalue weighted by Crippen LogP contribution is -2.50. The summed E-state index contributed by atoms with van der Waals surface area (Å²) in [6, 6.07) is 8.53. The van der Waals surface area contributed by atoms with Crippen LogP contribution in [-0.2, 0) is 16.0 Å². The number of aryl methyl sites for hydroxylation is 1. The predicted octanol–water partition coefficient (Wildman–Crippen LogP) is 4.50. The summed E-state index contributed by atoms with van der Waals surface area (Å²) in [6.07, 6.45) is 4.38. The normalized spacial score (nSPS) is 20.1. The zero-order valence-corrected chi connectivity index (χ0v) is 21.6. The minimum Gasteiger partial charge on any atom is -0.432 e. The SMILES string of the molecule is Cc1cccc(-c2nc(N3CCOCC3)c3oc4ncc(CN5CCC6(CC5)COC6)cc4c3n2)c1C. The largest absolute Gasteiger partial charge is 0.432 e. The van der Waals surface area contributed by atoms with Crippen molar-refractivity contribution < 1.29 is 13.9 Å². The molecule has 3 aliphatic heterocycles. The van der Waals surface area contributed by atoms with Gasteiger partial charge in [-0.05, 0) is 62.5 Å². The maximum Gasteiger partial charge on any atom is 0.229 e. The van der Waals surface area contributed by atoms with E-state index in [2.05, 4.69) is 47.9 Å². The van der Waals surface area contributed by atoms with Gasteiger partial charge in [-0.3, -0.25) is 4.90 Å². The van der Waals surface area contributed by atoms with Crippen LogP contribution in [0, 0.1) is 19.3 Å². The van der Waals surface area contributed by atoms with E-state index < -0.39 is 0 Å². The molecule has 3 fully saturated rings. The number of nitrogens with zero attached hydrogens (tertiary/aromatic N) is 5. The van der Waals surface area contributed by atoms with Crippen LogP contribution in [0.25, 0.3) is 33.6 Å². The number of ether oxygens (including phenoxy) is 2. The molecule has 7 rings (SSSR count). The summed E-state index contributed by atoms with van der Waals surface area (Å²) in [5.41, 5.74) is 7.27. The first-order valence-electron chi connectivity index (χ1n) is 13.4. The molecule has 0 unspecified atom stereocenters. The van der Waals surface area contributed by atoms with Crippen molar-refractivity contribution in [1.82, 2.24) is 19.9 Å². The Labute approximate surface area is 216 Å². The third-order valence-electron chi connectivity index (χ3n) is 8.50. The molecule has 0 radical (unpaired) electrons. The summed E-state index contributed by atoms with van der Waals surface area (Å²) >= 11 is 0. The second-order valence-electron chi connectivity index (χ2n) is 11.0. The number of furan rings is 1. The molecule has 6 heterocycles. The molecule has 0 bridgehead atoms. The minimum absolute atomic E-state index is 0.441. The molecule has 3 aliphatic rings. The number of piperidine rings is 1. The summed E-state index contributed by atoms with van der Waals surface area (Å²) in [4.78, 5) is 19.7. The molecule has 0 amide bonds. The van der Waals surface area contributed by atoms with Gasteiger partial charge in [0.05, 0.1) is 31.8 Å². The first kappa shape index (κ1) is 23.1. The number of hydrogen-bond donors (Lipinski definition) is 0. The van der Waals surface area contributed by atoms with Gasteiger partial charge in [0.1, 0.15) is 5.52 Å². The Morgan fingerprint density at radius 3 is 2.54 bits per heavy atom. The molecule has 192 valence electrons. The van der Waals surface area contributed by atoms with E-state index in [0.717, 1.165) is 74.0 Å². The quantitative estimate of drug-likeness (QED) is 0.406. The summed E-state index contributed by atoms with van der Waals surface area (Å²) < 4.78 is 17.4. The van der Waals surface area contributed by atoms with Crippen molar-refractivity contribution in [3.05, 3.63) is 47.2 Å². The van der Waals surface area contributed by atoms with Gasteiger partial charge in [-0.25, -0.2) is 15.0 Å². The third kappa shape index (κ3) is 4.07. The van der Waals surface area contributed by atoms with Crippen LogP contribution in [0.5, 0.6) is 0 Å². The van der Waals surface area contributed by atoms with Crippen molar-refractivity contribution in [2.24, 2.45) is 5.41 Å². The summed E-state index contributed by atoms with van der Waals surface area (Å²) in [5, 5.41) is 0.955. The topological polar surface area (TPSA) is 76.8 Å². The fourth-order valence-electron chi connectivity index (χ4n) is 5.87. The number of anilines is 1. The number of morpholine rings is 1. The lowest BCUT2D eigenvalue weighted by molar-refractivity contribution is -0.140. The van der Waals surface area contributed by atoms with Crippen LogP contribution in [0.2, 0.25) is 0 Å². The second-order valence-corrected chi connectivity index (χ2v) is 11.0. The fourth-order valence-corrected chi connectivity index (χ4v) is 5.87. The van der Waals surface area contributed by atoms with Crippen molar-refractivity contribution in [2.75, 3.05) is 57.5 Å². The first-order chi connectivity index (χ1) is 18.1. The number of rotatable bonds is 4. The Morgan fingerprint density at radius 2 is 1.78 bits per heavy atom. The van der Waals surface area contributed by atoms with E-state index in [-0.39, 0.29) is 0 Å². The third-order valence-corrected chi connectivity index (χ3v) is 8.50. The van der Waals surface area contributed by atoms with E-state index in [9.17, 15) is 0 Å². The van der Waals surface area contributed by atoms with Gasteiger partial charge in [-0.15, -0.1) is 0 Å². The Kier molecular flexibility index (Phi) is 5.64. The van der Waals surface area contributed by atoms with Gasteiger partial charge < -0.3 is 18.8 Å². The Bertz CT molecular complexity index is 1460. The molecule has 8 nitrogen and oxygen atoms in total. The highest BCUT2D eigenvalue weighted by Gasteiger charge is 2.41. The van der Waals surface area contributed by atoms with E-state index in [1.165, 1.54) is 29.5 Å². The Hall–Kier alpha value is -3.07. The molecule has 3 aromatic heterocycles. The van der Waals surface area contributed by atoms with Gasteiger partial charge >= 0.3 is 0 Å². The molecule has 8 heteroatoms. The van der Waals surface area contributed by atoms with Gasteiger partial charge in [0.25, 0.3) is 0 Å².